The summed E-state index contributed by atoms with van der Waals surface area (Å²) < 4.78 is 32.7. The van der Waals surface area contributed by atoms with Gasteiger partial charge in [0.25, 0.3) is 0 Å². The lowest BCUT2D eigenvalue weighted by Gasteiger charge is -2.20. The Labute approximate surface area is 66.0 Å². The van der Waals surface area contributed by atoms with Crippen molar-refractivity contribution in [3.63, 3.8) is 0 Å². The Bertz CT molecular complexity index is 231. The second-order valence-corrected chi connectivity index (χ2v) is 4.62. The summed E-state index contributed by atoms with van der Waals surface area (Å²) in [7, 11) is -4.39. The van der Waals surface area contributed by atoms with E-state index < -0.39 is 21.5 Å². The molecule has 5 heteroatoms. The quantitative estimate of drug-likeness (QED) is 0.633. The molecule has 0 spiro atoms. The van der Waals surface area contributed by atoms with Gasteiger partial charge in [0.2, 0.25) is 0 Å². The van der Waals surface area contributed by atoms with Crippen molar-refractivity contribution in [2.75, 3.05) is 5.75 Å². The monoisotopic (exact) mass is 181 g/mol. The van der Waals surface area contributed by atoms with Crippen molar-refractivity contribution in [1.29, 1.82) is 0 Å². The van der Waals surface area contributed by atoms with Crippen LogP contribution in [-0.4, -0.2) is 19.7 Å². The molecule has 0 radical (unpaired) electrons. The average molecular weight is 181 g/mol. The van der Waals surface area contributed by atoms with Crippen LogP contribution in [0.3, 0.4) is 0 Å². The minimum absolute atomic E-state index is 0.514. The van der Waals surface area contributed by atoms with E-state index in [2.05, 4.69) is 0 Å². The van der Waals surface area contributed by atoms with Crippen molar-refractivity contribution < 1.29 is 12.3 Å². The van der Waals surface area contributed by atoms with Gasteiger partial charge in [0.05, 0.1) is 5.75 Å². The zero-order chi connectivity index (χ0) is 8.54. The van der Waals surface area contributed by atoms with E-state index in [9.17, 15) is 12.3 Å². The normalized spacial score (nSPS) is 23.8. The zero-order valence-electron chi connectivity index (χ0n) is 6.22. The fraction of sp³-hybridized carbons (Fsp3) is 1.00. The molecule has 0 heterocycles. The molecule has 1 aliphatic rings. The van der Waals surface area contributed by atoms with Gasteiger partial charge in [-0.1, -0.05) is 12.8 Å². The summed E-state index contributed by atoms with van der Waals surface area (Å²) in [5, 5.41) is 0. The number of halogens is 1. The van der Waals surface area contributed by atoms with Crippen LogP contribution in [0.15, 0.2) is 0 Å². The van der Waals surface area contributed by atoms with E-state index in [1.165, 1.54) is 0 Å². The van der Waals surface area contributed by atoms with E-state index >= 15 is 0 Å². The van der Waals surface area contributed by atoms with Crippen LogP contribution in [0, 0.1) is 0 Å². The standard InChI is InChI=1S/C6H12FNO2S/c7-11(9,10)5-6(8)3-1-2-4-6/h1-5,8H2. The first-order valence-electron chi connectivity index (χ1n) is 3.63. The molecule has 0 bridgehead atoms. The molecule has 1 aliphatic carbocycles. The molecule has 2 N–H and O–H groups in total. The highest BCUT2D eigenvalue weighted by atomic mass is 32.3. The molecule has 1 saturated carbocycles. The van der Waals surface area contributed by atoms with E-state index in [0.717, 1.165) is 12.8 Å². The van der Waals surface area contributed by atoms with E-state index in [1.807, 2.05) is 0 Å². The summed E-state index contributed by atoms with van der Waals surface area (Å²) in [5.41, 5.74) is 4.84. The maximum atomic E-state index is 12.2. The number of rotatable bonds is 2. The second kappa shape index (κ2) is 2.71. The van der Waals surface area contributed by atoms with Gasteiger partial charge in [0.15, 0.2) is 0 Å². The first-order chi connectivity index (χ1) is 4.91. The first-order valence-corrected chi connectivity index (χ1v) is 5.18. The van der Waals surface area contributed by atoms with Crippen molar-refractivity contribution in [1.82, 2.24) is 0 Å². The smallest absolute Gasteiger partial charge is 0.304 e. The Hall–Kier alpha value is -0.160. The van der Waals surface area contributed by atoms with Crippen LogP contribution in [0.25, 0.3) is 0 Å². The summed E-state index contributed by atoms with van der Waals surface area (Å²) >= 11 is 0. The van der Waals surface area contributed by atoms with E-state index in [4.69, 9.17) is 5.73 Å². The summed E-state index contributed by atoms with van der Waals surface area (Å²) in [5.74, 6) is -0.514. The van der Waals surface area contributed by atoms with Crippen molar-refractivity contribution in [3.8, 4) is 0 Å². The van der Waals surface area contributed by atoms with Gasteiger partial charge >= 0.3 is 10.2 Å². The fourth-order valence-corrected chi connectivity index (χ4v) is 2.54. The van der Waals surface area contributed by atoms with Crippen LogP contribution in [0.5, 0.6) is 0 Å². The Morgan fingerprint density at radius 3 is 2.18 bits per heavy atom. The molecule has 0 aromatic heterocycles. The predicted octanol–water partition coefficient (Wildman–Crippen LogP) is 0.557. The lowest BCUT2D eigenvalue weighted by Crippen LogP contribution is -2.42. The molecular formula is C6H12FNO2S. The van der Waals surface area contributed by atoms with Crippen LogP contribution < -0.4 is 5.73 Å². The van der Waals surface area contributed by atoms with E-state index in [1.54, 1.807) is 0 Å². The first kappa shape index (κ1) is 8.93. The maximum absolute atomic E-state index is 12.2. The molecule has 1 rings (SSSR count). The Morgan fingerprint density at radius 2 is 1.82 bits per heavy atom. The van der Waals surface area contributed by atoms with Crippen LogP contribution in [-0.2, 0) is 10.2 Å². The van der Waals surface area contributed by atoms with E-state index in [0.29, 0.717) is 12.8 Å². The topological polar surface area (TPSA) is 60.2 Å². The summed E-state index contributed by atoms with van der Waals surface area (Å²) in [6.07, 6.45) is 3.06. The van der Waals surface area contributed by atoms with Crippen molar-refractivity contribution in [3.05, 3.63) is 0 Å². The molecule has 66 valence electrons. The van der Waals surface area contributed by atoms with Crippen molar-refractivity contribution >= 4 is 10.2 Å². The third kappa shape index (κ3) is 2.75. The Balaban J connectivity index is 2.60. The molecule has 0 atom stereocenters. The van der Waals surface area contributed by atoms with Gasteiger partial charge in [-0.15, -0.1) is 3.89 Å². The molecule has 3 nitrogen and oxygen atoms in total. The zero-order valence-corrected chi connectivity index (χ0v) is 7.03. The van der Waals surface area contributed by atoms with E-state index in [-0.39, 0.29) is 0 Å². The lowest BCUT2D eigenvalue weighted by molar-refractivity contribution is 0.464. The third-order valence-corrected chi connectivity index (χ3v) is 2.98. The molecule has 0 aromatic carbocycles. The van der Waals surface area contributed by atoms with Crippen LogP contribution in [0.4, 0.5) is 3.89 Å². The Morgan fingerprint density at radius 1 is 1.36 bits per heavy atom. The molecule has 0 aliphatic heterocycles. The highest BCUT2D eigenvalue weighted by Crippen LogP contribution is 2.28. The molecule has 0 aromatic rings. The van der Waals surface area contributed by atoms with Crippen molar-refractivity contribution in [2.45, 2.75) is 31.2 Å². The highest BCUT2D eigenvalue weighted by Gasteiger charge is 2.34. The molecule has 0 unspecified atom stereocenters. The fourth-order valence-electron chi connectivity index (χ4n) is 1.57. The predicted molar refractivity (Wildman–Crippen MR) is 40.3 cm³/mol. The number of nitrogens with two attached hydrogens (primary N) is 1. The highest BCUT2D eigenvalue weighted by molar-refractivity contribution is 7.86. The SMILES string of the molecule is NC1(CS(=O)(=O)F)CCCC1. The molecule has 11 heavy (non-hydrogen) atoms. The second-order valence-electron chi connectivity index (χ2n) is 3.25. The minimum atomic E-state index is -4.39. The molecule has 0 saturated heterocycles. The number of hydrogen-bond donors (Lipinski definition) is 1. The van der Waals surface area contributed by atoms with Crippen LogP contribution >= 0.6 is 0 Å². The van der Waals surface area contributed by atoms with Crippen LogP contribution in [0.1, 0.15) is 25.7 Å². The van der Waals surface area contributed by atoms with Crippen molar-refractivity contribution in [2.24, 2.45) is 5.73 Å². The maximum Gasteiger partial charge on any atom is 0.304 e. The minimum Gasteiger partial charge on any atom is -0.324 e. The van der Waals surface area contributed by atoms with Gasteiger partial charge in [-0.2, -0.15) is 8.42 Å². The summed E-state index contributed by atoms with van der Waals surface area (Å²) in [4.78, 5) is 0. The van der Waals surface area contributed by atoms with Gasteiger partial charge < -0.3 is 5.73 Å². The van der Waals surface area contributed by atoms with Gasteiger partial charge in [-0.3, -0.25) is 0 Å². The summed E-state index contributed by atoms with van der Waals surface area (Å²) in [6, 6.07) is 0. The Kier molecular flexibility index (Phi) is 2.20. The average Bonchev–Trinajstić information content (AvgIpc) is 2.09. The van der Waals surface area contributed by atoms with Gasteiger partial charge in [-0.25, -0.2) is 0 Å². The van der Waals surface area contributed by atoms with Gasteiger partial charge in [-0.05, 0) is 12.8 Å². The largest absolute Gasteiger partial charge is 0.324 e. The third-order valence-electron chi connectivity index (χ3n) is 2.06. The lowest BCUT2D eigenvalue weighted by atomic mass is 10.0. The van der Waals surface area contributed by atoms with Gasteiger partial charge in [0.1, 0.15) is 0 Å². The number of hydrogen-bond acceptors (Lipinski definition) is 3. The van der Waals surface area contributed by atoms with Crippen LogP contribution in [0.2, 0.25) is 0 Å². The molecule has 0 amide bonds. The van der Waals surface area contributed by atoms with Gasteiger partial charge in [0, 0.05) is 5.54 Å². The molecule has 1 fully saturated rings. The summed E-state index contributed by atoms with van der Waals surface area (Å²) in [6.45, 7) is 0. The molecular weight excluding hydrogens is 169 g/mol.